The van der Waals surface area contributed by atoms with Crippen molar-refractivity contribution in [1.82, 2.24) is 9.62 Å². The average Bonchev–Trinajstić information content (AvgIpc) is 3.09. The molecule has 0 saturated carbocycles. The third-order valence-corrected chi connectivity index (χ3v) is 5.62. The first-order valence-corrected chi connectivity index (χ1v) is 9.38. The van der Waals surface area contributed by atoms with Crippen molar-refractivity contribution in [2.45, 2.75) is 37.1 Å². The average molecular weight is 340 g/mol. The maximum atomic E-state index is 12.4. The summed E-state index contributed by atoms with van der Waals surface area (Å²) in [5.41, 5.74) is 0.224. The summed E-state index contributed by atoms with van der Waals surface area (Å²) in [7, 11) is -2.38. The van der Waals surface area contributed by atoms with Gasteiger partial charge in [-0.1, -0.05) is 13.0 Å². The zero-order valence-electron chi connectivity index (χ0n) is 13.6. The summed E-state index contributed by atoms with van der Waals surface area (Å²) in [6, 6.07) is 6.09. The zero-order valence-corrected chi connectivity index (χ0v) is 14.4. The van der Waals surface area contributed by atoms with Gasteiger partial charge in [0.1, 0.15) is 0 Å². The number of likely N-dealkylation sites (tertiary alicyclic amines) is 1. The Balaban J connectivity index is 2.07. The molecule has 128 valence electrons. The molecule has 0 amide bonds. The van der Waals surface area contributed by atoms with Crippen molar-refractivity contribution >= 4 is 16.0 Å². The van der Waals surface area contributed by atoms with E-state index in [1.165, 1.54) is 38.2 Å². The van der Waals surface area contributed by atoms with Crippen LogP contribution in [-0.4, -0.2) is 52.1 Å². The van der Waals surface area contributed by atoms with Gasteiger partial charge in [-0.25, -0.2) is 17.9 Å². The van der Waals surface area contributed by atoms with Gasteiger partial charge in [0, 0.05) is 12.6 Å². The van der Waals surface area contributed by atoms with E-state index in [4.69, 9.17) is 0 Å². The minimum atomic E-state index is -3.64. The molecule has 1 fully saturated rings. The molecule has 0 spiro atoms. The fourth-order valence-corrected chi connectivity index (χ4v) is 3.95. The minimum absolute atomic E-state index is 0.0803. The van der Waals surface area contributed by atoms with Gasteiger partial charge in [-0.05, 0) is 50.6 Å². The van der Waals surface area contributed by atoms with Crippen molar-refractivity contribution in [3.8, 4) is 0 Å². The van der Waals surface area contributed by atoms with Gasteiger partial charge in [-0.2, -0.15) is 0 Å². The fourth-order valence-electron chi connectivity index (χ4n) is 2.84. The molecular weight excluding hydrogens is 316 g/mol. The monoisotopic (exact) mass is 340 g/mol. The maximum Gasteiger partial charge on any atom is 0.337 e. The molecule has 0 aromatic heterocycles. The Hall–Kier alpha value is -1.44. The standard InChI is InChI=1S/C16H24N2O4S/c1-3-14(18-9-4-5-10-18)12-17-23(20,21)15-8-6-7-13(11-15)16(19)22-2/h6-8,11,14,17H,3-5,9-10,12H2,1-2H3/t14-/m0/s1. The highest BCUT2D eigenvalue weighted by molar-refractivity contribution is 7.89. The summed E-state index contributed by atoms with van der Waals surface area (Å²) in [6.45, 7) is 4.49. The minimum Gasteiger partial charge on any atom is -0.465 e. The lowest BCUT2D eigenvalue weighted by molar-refractivity contribution is 0.0600. The highest BCUT2D eigenvalue weighted by Gasteiger charge is 2.23. The van der Waals surface area contributed by atoms with Gasteiger partial charge >= 0.3 is 5.97 Å². The Morgan fingerprint density at radius 2 is 2.04 bits per heavy atom. The van der Waals surface area contributed by atoms with Crippen molar-refractivity contribution in [2.24, 2.45) is 0 Å². The van der Waals surface area contributed by atoms with Crippen LogP contribution in [0.3, 0.4) is 0 Å². The van der Waals surface area contributed by atoms with Crippen LogP contribution in [0.2, 0.25) is 0 Å². The molecule has 23 heavy (non-hydrogen) atoms. The Bertz CT molecular complexity index is 639. The van der Waals surface area contributed by atoms with Crippen LogP contribution in [0, 0.1) is 0 Å². The summed E-state index contributed by atoms with van der Waals surface area (Å²) < 4.78 is 32.2. The number of carbonyl (C=O) groups excluding carboxylic acids is 1. The number of sulfonamides is 1. The number of hydrogen-bond acceptors (Lipinski definition) is 5. The van der Waals surface area contributed by atoms with Crippen LogP contribution >= 0.6 is 0 Å². The smallest absolute Gasteiger partial charge is 0.337 e. The number of methoxy groups -OCH3 is 1. The number of rotatable bonds is 7. The number of ether oxygens (including phenoxy) is 1. The highest BCUT2D eigenvalue weighted by Crippen LogP contribution is 2.16. The first-order valence-electron chi connectivity index (χ1n) is 7.90. The number of esters is 1. The lowest BCUT2D eigenvalue weighted by Crippen LogP contribution is -2.42. The molecular formula is C16H24N2O4S. The summed E-state index contributed by atoms with van der Waals surface area (Å²) in [4.78, 5) is 13.9. The molecule has 1 atom stereocenters. The largest absolute Gasteiger partial charge is 0.465 e. The summed E-state index contributed by atoms with van der Waals surface area (Å²) in [5, 5.41) is 0. The SMILES string of the molecule is CC[C@@H](CNS(=O)(=O)c1cccc(C(=O)OC)c1)N1CCCC1. The fraction of sp³-hybridized carbons (Fsp3) is 0.562. The summed E-state index contributed by atoms with van der Waals surface area (Å²) in [5.74, 6) is -0.550. The van der Waals surface area contributed by atoms with E-state index in [0.29, 0.717) is 6.54 Å². The van der Waals surface area contributed by atoms with Gasteiger partial charge in [-0.15, -0.1) is 0 Å². The van der Waals surface area contributed by atoms with Crippen LogP contribution in [0.1, 0.15) is 36.5 Å². The van der Waals surface area contributed by atoms with Crippen molar-refractivity contribution in [3.63, 3.8) is 0 Å². The lowest BCUT2D eigenvalue weighted by atomic mass is 10.2. The molecule has 0 unspecified atom stereocenters. The Labute approximate surface area is 137 Å². The van der Waals surface area contributed by atoms with Crippen LogP contribution in [0.15, 0.2) is 29.2 Å². The highest BCUT2D eigenvalue weighted by atomic mass is 32.2. The normalized spacial score (nSPS) is 17.1. The van der Waals surface area contributed by atoms with Crippen LogP contribution in [0.5, 0.6) is 0 Å². The van der Waals surface area contributed by atoms with Crippen LogP contribution in [0.25, 0.3) is 0 Å². The first kappa shape index (κ1) is 17.9. The molecule has 2 rings (SSSR count). The van der Waals surface area contributed by atoms with E-state index in [9.17, 15) is 13.2 Å². The molecule has 1 heterocycles. The predicted molar refractivity (Wildman–Crippen MR) is 87.9 cm³/mol. The van der Waals surface area contributed by atoms with E-state index in [1.807, 2.05) is 0 Å². The quantitative estimate of drug-likeness (QED) is 0.764. The Morgan fingerprint density at radius 3 is 2.65 bits per heavy atom. The molecule has 1 aromatic rings. The van der Waals surface area contributed by atoms with Gasteiger partial charge in [0.2, 0.25) is 10.0 Å². The van der Waals surface area contributed by atoms with Crippen LogP contribution < -0.4 is 4.72 Å². The topological polar surface area (TPSA) is 75.7 Å². The molecule has 1 saturated heterocycles. The molecule has 1 aliphatic heterocycles. The van der Waals surface area contributed by atoms with Gasteiger partial charge in [0.15, 0.2) is 0 Å². The van der Waals surface area contributed by atoms with Crippen LogP contribution in [-0.2, 0) is 14.8 Å². The molecule has 0 radical (unpaired) electrons. The lowest BCUT2D eigenvalue weighted by Gasteiger charge is -2.26. The van der Waals surface area contributed by atoms with Crippen molar-refractivity contribution < 1.29 is 17.9 Å². The Kier molecular flexibility index (Phi) is 6.15. The van der Waals surface area contributed by atoms with Crippen molar-refractivity contribution in [1.29, 1.82) is 0 Å². The molecule has 0 bridgehead atoms. The molecule has 0 aliphatic carbocycles. The Morgan fingerprint density at radius 1 is 1.35 bits per heavy atom. The number of benzene rings is 1. The van der Waals surface area contributed by atoms with E-state index >= 15 is 0 Å². The second-order valence-electron chi connectivity index (χ2n) is 5.68. The number of nitrogens with zero attached hydrogens (tertiary/aromatic N) is 1. The number of carbonyl (C=O) groups is 1. The number of hydrogen-bond donors (Lipinski definition) is 1. The third kappa shape index (κ3) is 4.53. The van der Waals surface area contributed by atoms with E-state index in [0.717, 1.165) is 19.5 Å². The van der Waals surface area contributed by atoms with E-state index < -0.39 is 16.0 Å². The maximum absolute atomic E-state index is 12.4. The zero-order chi connectivity index (χ0) is 16.9. The van der Waals surface area contributed by atoms with Gasteiger partial charge in [-0.3, -0.25) is 4.90 Å². The predicted octanol–water partition coefficient (Wildman–Crippen LogP) is 1.63. The second-order valence-corrected chi connectivity index (χ2v) is 7.44. The van der Waals surface area contributed by atoms with E-state index in [1.54, 1.807) is 6.07 Å². The van der Waals surface area contributed by atoms with Crippen molar-refractivity contribution in [2.75, 3.05) is 26.7 Å². The van der Waals surface area contributed by atoms with Crippen molar-refractivity contribution in [3.05, 3.63) is 29.8 Å². The van der Waals surface area contributed by atoms with Gasteiger partial charge < -0.3 is 4.74 Å². The van der Waals surface area contributed by atoms with E-state index in [-0.39, 0.29) is 16.5 Å². The molecule has 6 nitrogen and oxygen atoms in total. The molecule has 1 aromatic carbocycles. The second kappa shape index (κ2) is 7.90. The number of nitrogens with one attached hydrogen (secondary N) is 1. The van der Waals surface area contributed by atoms with Crippen LogP contribution in [0.4, 0.5) is 0 Å². The van der Waals surface area contributed by atoms with Gasteiger partial charge in [0.25, 0.3) is 0 Å². The first-order chi connectivity index (χ1) is 11.0. The van der Waals surface area contributed by atoms with Gasteiger partial charge in [0.05, 0.1) is 17.6 Å². The molecule has 1 aliphatic rings. The third-order valence-electron chi connectivity index (χ3n) is 4.20. The molecule has 7 heteroatoms. The molecule has 1 N–H and O–H groups in total. The summed E-state index contributed by atoms with van der Waals surface area (Å²) in [6.07, 6.45) is 3.24. The summed E-state index contributed by atoms with van der Waals surface area (Å²) >= 11 is 0. The van der Waals surface area contributed by atoms with E-state index in [2.05, 4.69) is 21.3 Å².